The van der Waals surface area contributed by atoms with Crippen LogP contribution >= 0.6 is 0 Å². The molecule has 1 aliphatic heterocycles. The highest BCUT2D eigenvalue weighted by Crippen LogP contribution is 2.35. The smallest absolute Gasteiger partial charge is 0.410 e. The van der Waals surface area contributed by atoms with E-state index in [1.807, 2.05) is 0 Å². The average molecular weight is 408 g/mol. The van der Waals surface area contributed by atoms with Crippen LogP contribution in [-0.4, -0.2) is 52.4 Å². The summed E-state index contributed by atoms with van der Waals surface area (Å²) >= 11 is 0. The highest BCUT2D eigenvalue weighted by molar-refractivity contribution is 5.96. The minimum Gasteiger partial charge on any atom is -0.477 e. The maximum Gasteiger partial charge on any atom is 0.410 e. The van der Waals surface area contributed by atoms with Crippen molar-refractivity contribution in [3.8, 4) is 5.75 Å². The van der Waals surface area contributed by atoms with Crippen molar-refractivity contribution in [2.45, 2.75) is 39.4 Å². The zero-order valence-electron chi connectivity index (χ0n) is 16.3. The van der Waals surface area contributed by atoms with Crippen molar-refractivity contribution in [3.63, 3.8) is 0 Å². The lowest BCUT2D eigenvalue weighted by molar-refractivity contribution is -0.0499. The van der Waals surface area contributed by atoms with Gasteiger partial charge in [-0.3, -0.25) is 0 Å². The molecule has 29 heavy (non-hydrogen) atoms. The van der Waals surface area contributed by atoms with Gasteiger partial charge in [0.1, 0.15) is 17.0 Å². The summed E-state index contributed by atoms with van der Waals surface area (Å²) in [6.07, 6.45) is 1.73. The number of aromatic amines is 1. The van der Waals surface area contributed by atoms with Gasteiger partial charge in [-0.1, -0.05) is 6.08 Å². The number of carbonyl (C=O) groups excluding carboxylic acids is 1. The molecule has 1 aliphatic rings. The molecule has 156 valence electrons. The molecule has 0 radical (unpaired) electrons. The molecule has 0 spiro atoms. The Hall–Kier alpha value is -3.10. The second-order valence-electron chi connectivity index (χ2n) is 7.71. The quantitative estimate of drug-likeness (QED) is 0.778. The van der Waals surface area contributed by atoms with Gasteiger partial charge in [0.15, 0.2) is 0 Å². The largest absolute Gasteiger partial charge is 0.477 e. The maximum atomic E-state index is 12.9. The third kappa shape index (κ3) is 4.85. The van der Waals surface area contributed by atoms with E-state index in [9.17, 15) is 18.4 Å². The van der Waals surface area contributed by atoms with Crippen LogP contribution < -0.4 is 4.74 Å². The van der Waals surface area contributed by atoms with E-state index < -0.39 is 24.3 Å². The average Bonchev–Trinajstić information content (AvgIpc) is 3.02. The number of carboxylic acid groups (broad SMARTS) is 1. The van der Waals surface area contributed by atoms with Gasteiger partial charge >= 0.3 is 18.7 Å². The van der Waals surface area contributed by atoms with Gasteiger partial charge in [-0.2, -0.15) is 8.78 Å². The molecule has 0 fully saturated rings. The Kier molecular flexibility index (Phi) is 5.50. The number of rotatable bonds is 4. The number of fused-ring (bicyclic) bond motifs is 1. The molecule has 7 nitrogen and oxygen atoms in total. The van der Waals surface area contributed by atoms with E-state index in [0.29, 0.717) is 29.4 Å². The van der Waals surface area contributed by atoms with Crippen molar-refractivity contribution in [3.05, 3.63) is 35.5 Å². The fraction of sp³-hybridized carbons (Fsp3) is 0.400. The van der Waals surface area contributed by atoms with Crippen LogP contribution in [0.15, 0.2) is 24.3 Å². The van der Waals surface area contributed by atoms with Crippen LogP contribution in [0.1, 0.15) is 43.2 Å². The van der Waals surface area contributed by atoms with Crippen molar-refractivity contribution in [2.75, 3.05) is 13.1 Å². The van der Waals surface area contributed by atoms with Crippen molar-refractivity contribution in [1.82, 2.24) is 9.88 Å². The van der Waals surface area contributed by atoms with Gasteiger partial charge in [-0.15, -0.1) is 0 Å². The van der Waals surface area contributed by atoms with E-state index in [0.717, 1.165) is 5.57 Å². The molecule has 0 aliphatic carbocycles. The maximum absolute atomic E-state index is 12.9. The van der Waals surface area contributed by atoms with E-state index in [2.05, 4.69) is 9.72 Å². The number of benzene rings is 1. The minimum atomic E-state index is -3.02. The number of aromatic nitrogens is 1. The first kappa shape index (κ1) is 20.6. The van der Waals surface area contributed by atoms with Crippen molar-refractivity contribution < 1.29 is 33.0 Å². The molecule has 2 N–H and O–H groups in total. The Balaban J connectivity index is 1.91. The van der Waals surface area contributed by atoms with Crippen molar-refractivity contribution in [1.29, 1.82) is 0 Å². The van der Waals surface area contributed by atoms with Gasteiger partial charge < -0.3 is 24.5 Å². The standard InChI is InChI=1S/C20H22F2N2O5/c1-20(2,3)29-19(27)24-6-4-11(5-7-24)13-10-14-12(8-15(23-14)17(25)26)9-16(13)28-18(21)22/h4,8-10,18,23H,5-7H2,1-3H3,(H,25,26). The Bertz CT molecular complexity index is 975. The molecule has 1 amide bonds. The Morgan fingerprint density at radius 3 is 2.52 bits per heavy atom. The van der Waals surface area contributed by atoms with Crippen LogP contribution in [0.3, 0.4) is 0 Å². The zero-order chi connectivity index (χ0) is 21.3. The van der Waals surface area contributed by atoms with E-state index in [-0.39, 0.29) is 18.0 Å². The number of alkyl halides is 2. The number of amides is 1. The van der Waals surface area contributed by atoms with Crippen LogP contribution in [0.2, 0.25) is 0 Å². The predicted octanol–water partition coefficient (Wildman–Crippen LogP) is 4.49. The molecule has 0 atom stereocenters. The monoisotopic (exact) mass is 408 g/mol. The number of nitrogens with zero attached hydrogens (tertiary/aromatic N) is 1. The van der Waals surface area contributed by atoms with E-state index in [1.54, 1.807) is 32.9 Å². The van der Waals surface area contributed by atoms with Gasteiger partial charge in [-0.05, 0) is 51.0 Å². The summed E-state index contributed by atoms with van der Waals surface area (Å²) < 4.78 is 35.9. The number of ether oxygens (including phenoxy) is 2. The lowest BCUT2D eigenvalue weighted by Gasteiger charge is -2.30. The van der Waals surface area contributed by atoms with Crippen molar-refractivity contribution in [2.24, 2.45) is 0 Å². The van der Waals surface area contributed by atoms with Gasteiger partial charge in [0.2, 0.25) is 0 Å². The molecule has 0 unspecified atom stereocenters. The third-order valence-electron chi connectivity index (χ3n) is 4.37. The van der Waals surface area contributed by atoms with Crippen LogP contribution in [0.5, 0.6) is 5.75 Å². The van der Waals surface area contributed by atoms with E-state index in [1.165, 1.54) is 17.0 Å². The first-order valence-electron chi connectivity index (χ1n) is 9.05. The van der Waals surface area contributed by atoms with Crippen LogP contribution in [0.4, 0.5) is 13.6 Å². The van der Waals surface area contributed by atoms with E-state index in [4.69, 9.17) is 9.84 Å². The Morgan fingerprint density at radius 1 is 1.24 bits per heavy atom. The first-order chi connectivity index (χ1) is 13.5. The fourth-order valence-corrected chi connectivity index (χ4v) is 3.13. The molecule has 1 aromatic heterocycles. The Labute approximate surface area is 165 Å². The number of aromatic carboxylic acids is 1. The van der Waals surface area contributed by atoms with Crippen molar-refractivity contribution >= 4 is 28.5 Å². The summed E-state index contributed by atoms with van der Waals surface area (Å²) in [6.45, 7) is 2.94. The number of halogens is 2. The number of hydrogen-bond donors (Lipinski definition) is 2. The number of H-pyrrole nitrogens is 1. The normalized spacial score (nSPS) is 14.8. The molecular formula is C20H22F2N2O5. The minimum absolute atomic E-state index is 0.0413. The SMILES string of the molecule is CC(C)(C)OC(=O)N1CC=C(c2cc3[nH]c(C(=O)O)cc3cc2OC(F)F)CC1. The number of carboxylic acids is 1. The molecule has 3 rings (SSSR count). The first-order valence-corrected chi connectivity index (χ1v) is 9.05. The Morgan fingerprint density at radius 2 is 1.97 bits per heavy atom. The molecule has 9 heteroatoms. The van der Waals surface area contributed by atoms with E-state index >= 15 is 0 Å². The topological polar surface area (TPSA) is 91.9 Å². The summed E-state index contributed by atoms with van der Waals surface area (Å²) in [5, 5.41) is 9.59. The van der Waals surface area contributed by atoms with Gasteiger partial charge in [0, 0.05) is 29.6 Å². The van der Waals surface area contributed by atoms with Crippen LogP contribution in [0, 0.1) is 0 Å². The molecular weight excluding hydrogens is 386 g/mol. The third-order valence-corrected chi connectivity index (χ3v) is 4.37. The fourth-order valence-electron chi connectivity index (χ4n) is 3.13. The predicted molar refractivity (Wildman–Crippen MR) is 102 cm³/mol. The summed E-state index contributed by atoms with van der Waals surface area (Å²) in [4.78, 5) is 27.7. The molecule has 1 aromatic carbocycles. The second kappa shape index (κ2) is 7.73. The van der Waals surface area contributed by atoms with Gasteiger partial charge in [-0.25, -0.2) is 9.59 Å². The number of nitrogens with one attached hydrogen (secondary N) is 1. The van der Waals surface area contributed by atoms with Gasteiger partial charge in [0.25, 0.3) is 0 Å². The summed E-state index contributed by atoms with van der Waals surface area (Å²) in [7, 11) is 0. The van der Waals surface area contributed by atoms with Crippen LogP contribution in [-0.2, 0) is 4.74 Å². The molecule has 2 aromatic rings. The lowest BCUT2D eigenvalue weighted by atomic mass is 9.97. The lowest BCUT2D eigenvalue weighted by Crippen LogP contribution is -2.39. The molecule has 0 saturated carbocycles. The molecule has 0 bridgehead atoms. The highest BCUT2D eigenvalue weighted by atomic mass is 19.3. The summed E-state index contributed by atoms with van der Waals surface area (Å²) in [5.41, 5.74) is 0.998. The summed E-state index contributed by atoms with van der Waals surface area (Å²) in [6, 6.07) is 4.34. The van der Waals surface area contributed by atoms with Gasteiger partial charge in [0.05, 0.1) is 0 Å². The second-order valence-corrected chi connectivity index (χ2v) is 7.71. The molecule has 0 saturated heterocycles. The van der Waals surface area contributed by atoms with Crippen LogP contribution in [0.25, 0.3) is 16.5 Å². The zero-order valence-corrected chi connectivity index (χ0v) is 16.3. The number of carbonyl (C=O) groups is 2. The molecule has 2 heterocycles. The number of hydrogen-bond acceptors (Lipinski definition) is 4. The highest BCUT2D eigenvalue weighted by Gasteiger charge is 2.25. The summed E-state index contributed by atoms with van der Waals surface area (Å²) in [5.74, 6) is -1.19.